The summed E-state index contributed by atoms with van der Waals surface area (Å²) in [6.45, 7) is -1.22. The molecule has 0 unspecified atom stereocenters. The molecule has 1 saturated carbocycles. The second-order valence-electron chi connectivity index (χ2n) is 11.0. The fourth-order valence-corrected chi connectivity index (χ4v) is 5.11. The standard InChI is InChI=1S/C32H33F2N3O7/c1-19(38)37-16-22(21-8-13-28(44-32(33)34)29(15-21)42-17-20-6-7-20)14-27(37)31(41)43-18-23-4-3-5-26(35-23)30(40)36(2)24-9-11-25(39)12-10-24/h3-5,8-13,15,20,22,27,32,39H,6-7,14,16-18H2,1-2H3/t22-,27-/m1/s1. The van der Waals surface area contributed by atoms with Crippen LogP contribution in [-0.2, 0) is 20.9 Å². The molecule has 5 rings (SSSR count). The summed E-state index contributed by atoms with van der Waals surface area (Å²) in [5.41, 5.74) is 1.77. The molecule has 10 nitrogen and oxygen atoms in total. The summed E-state index contributed by atoms with van der Waals surface area (Å²) in [5, 5.41) is 9.51. The molecule has 44 heavy (non-hydrogen) atoms. The number of phenolic OH excluding ortho intramolecular Hbond substituents is 1. The van der Waals surface area contributed by atoms with E-state index in [0.29, 0.717) is 23.9 Å². The van der Waals surface area contributed by atoms with Crippen molar-refractivity contribution >= 4 is 23.5 Å². The first-order valence-corrected chi connectivity index (χ1v) is 14.3. The van der Waals surface area contributed by atoms with Gasteiger partial charge in [-0.3, -0.25) is 9.59 Å². The number of hydrogen-bond donors (Lipinski definition) is 1. The topological polar surface area (TPSA) is 119 Å². The highest BCUT2D eigenvalue weighted by atomic mass is 19.3. The van der Waals surface area contributed by atoms with Crippen molar-refractivity contribution in [3.8, 4) is 17.2 Å². The van der Waals surface area contributed by atoms with Gasteiger partial charge < -0.3 is 29.1 Å². The number of hydrogen-bond acceptors (Lipinski definition) is 8. The van der Waals surface area contributed by atoms with E-state index >= 15 is 0 Å². The molecule has 0 radical (unpaired) electrons. The lowest BCUT2D eigenvalue weighted by Crippen LogP contribution is -2.40. The molecule has 2 fully saturated rings. The summed E-state index contributed by atoms with van der Waals surface area (Å²) in [7, 11) is 1.58. The van der Waals surface area contributed by atoms with Crippen molar-refractivity contribution in [1.82, 2.24) is 9.88 Å². The van der Waals surface area contributed by atoms with Crippen molar-refractivity contribution in [2.24, 2.45) is 5.92 Å². The van der Waals surface area contributed by atoms with Crippen LogP contribution in [0.15, 0.2) is 60.7 Å². The Morgan fingerprint density at radius 2 is 1.82 bits per heavy atom. The van der Waals surface area contributed by atoms with Gasteiger partial charge in [0, 0.05) is 32.1 Å². The van der Waals surface area contributed by atoms with Gasteiger partial charge >= 0.3 is 12.6 Å². The third-order valence-corrected chi connectivity index (χ3v) is 7.73. The number of phenols is 1. The van der Waals surface area contributed by atoms with Crippen LogP contribution in [0.2, 0.25) is 0 Å². The van der Waals surface area contributed by atoms with Gasteiger partial charge in [-0.05, 0) is 79.3 Å². The number of aromatic hydroxyl groups is 1. The summed E-state index contributed by atoms with van der Waals surface area (Å²) in [5.74, 6) is -0.981. The fourth-order valence-electron chi connectivity index (χ4n) is 5.11. The molecular weight excluding hydrogens is 576 g/mol. The Morgan fingerprint density at radius 1 is 1.07 bits per heavy atom. The summed E-state index contributed by atoms with van der Waals surface area (Å²) < 4.78 is 41.9. The number of likely N-dealkylation sites (tertiary alicyclic amines) is 1. The van der Waals surface area contributed by atoms with Gasteiger partial charge in [-0.15, -0.1) is 0 Å². The minimum absolute atomic E-state index is 0.0655. The molecule has 0 spiro atoms. The van der Waals surface area contributed by atoms with Crippen LogP contribution in [0.3, 0.4) is 0 Å². The first-order chi connectivity index (χ1) is 21.1. The van der Waals surface area contributed by atoms with Crippen LogP contribution in [0.25, 0.3) is 0 Å². The third kappa shape index (κ3) is 7.42. The SMILES string of the molecule is CC(=O)N1C[C@H](c2ccc(OC(F)F)c(OCC3CC3)c2)C[C@@H]1C(=O)OCc1cccc(C(=O)N(C)c2ccc(O)cc2)n1. The fraction of sp³-hybridized carbons (Fsp3) is 0.375. The highest BCUT2D eigenvalue weighted by Crippen LogP contribution is 2.39. The van der Waals surface area contributed by atoms with Crippen molar-refractivity contribution in [2.45, 2.75) is 51.4 Å². The first kappa shape index (κ1) is 30.7. The smallest absolute Gasteiger partial charge is 0.387 e. The van der Waals surface area contributed by atoms with Crippen LogP contribution >= 0.6 is 0 Å². The number of nitrogens with zero attached hydrogens (tertiary/aromatic N) is 3. The number of anilines is 1. The number of benzene rings is 2. The zero-order valence-electron chi connectivity index (χ0n) is 24.3. The van der Waals surface area contributed by atoms with Gasteiger partial charge in [-0.1, -0.05) is 12.1 Å². The van der Waals surface area contributed by atoms with Crippen LogP contribution in [0, 0.1) is 5.92 Å². The van der Waals surface area contributed by atoms with Gasteiger partial charge in [-0.25, -0.2) is 9.78 Å². The van der Waals surface area contributed by atoms with Crippen LogP contribution in [-0.4, -0.2) is 65.6 Å². The molecule has 2 aliphatic rings. The minimum atomic E-state index is -3.00. The van der Waals surface area contributed by atoms with E-state index in [2.05, 4.69) is 9.72 Å². The van der Waals surface area contributed by atoms with Crippen molar-refractivity contribution < 1.29 is 42.5 Å². The van der Waals surface area contributed by atoms with E-state index in [4.69, 9.17) is 9.47 Å². The number of pyridine rings is 1. The number of halogens is 2. The third-order valence-electron chi connectivity index (χ3n) is 7.73. The highest BCUT2D eigenvalue weighted by molar-refractivity contribution is 6.04. The van der Waals surface area contributed by atoms with Crippen molar-refractivity contribution in [3.05, 3.63) is 77.6 Å². The molecule has 12 heteroatoms. The molecule has 2 atom stereocenters. The molecule has 1 aromatic heterocycles. The van der Waals surface area contributed by atoms with E-state index < -0.39 is 24.5 Å². The van der Waals surface area contributed by atoms with Crippen LogP contribution in [0.5, 0.6) is 17.2 Å². The van der Waals surface area contributed by atoms with Gasteiger partial charge in [0.05, 0.1) is 12.3 Å². The molecular formula is C32H33F2N3O7. The van der Waals surface area contributed by atoms with Crippen molar-refractivity contribution in [2.75, 3.05) is 25.1 Å². The van der Waals surface area contributed by atoms with Crippen LogP contribution in [0.1, 0.15) is 53.8 Å². The number of carbonyl (C=O) groups excluding carboxylic acids is 3. The summed E-state index contributed by atoms with van der Waals surface area (Å²) in [4.78, 5) is 45.8. The Labute approximate surface area is 253 Å². The Kier molecular flexibility index (Phi) is 9.26. The van der Waals surface area contributed by atoms with Gasteiger partial charge in [0.2, 0.25) is 5.91 Å². The van der Waals surface area contributed by atoms with E-state index in [9.17, 15) is 28.3 Å². The lowest BCUT2D eigenvalue weighted by atomic mass is 9.96. The van der Waals surface area contributed by atoms with Gasteiger partial charge in [0.15, 0.2) is 11.5 Å². The van der Waals surface area contributed by atoms with Crippen molar-refractivity contribution in [1.29, 1.82) is 0 Å². The predicted molar refractivity (Wildman–Crippen MR) is 155 cm³/mol. The quantitative estimate of drug-likeness (QED) is 0.305. The molecule has 1 aliphatic carbocycles. The summed E-state index contributed by atoms with van der Waals surface area (Å²) >= 11 is 0. The average molecular weight is 610 g/mol. The highest BCUT2D eigenvalue weighted by Gasteiger charge is 2.40. The number of amides is 2. The van der Waals surface area contributed by atoms with E-state index in [1.165, 1.54) is 34.9 Å². The number of aromatic nitrogens is 1. The predicted octanol–water partition coefficient (Wildman–Crippen LogP) is 4.90. The minimum Gasteiger partial charge on any atom is -0.508 e. The molecule has 1 aliphatic heterocycles. The van der Waals surface area contributed by atoms with E-state index in [1.807, 2.05) is 0 Å². The van der Waals surface area contributed by atoms with E-state index in [1.54, 1.807) is 49.5 Å². The van der Waals surface area contributed by atoms with Gasteiger partial charge in [-0.2, -0.15) is 8.78 Å². The maximum Gasteiger partial charge on any atom is 0.387 e. The second kappa shape index (κ2) is 13.3. The molecule has 2 amide bonds. The average Bonchev–Trinajstić information content (AvgIpc) is 3.73. The number of rotatable bonds is 11. The van der Waals surface area contributed by atoms with Crippen molar-refractivity contribution in [3.63, 3.8) is 0 Å². The molecule has 232 valence electrons. The van der Waals surface area contributed by atoms with E-state index in [0.717, 1.165) is 18.4 Å². The molecule has 2 heterocycles. The first-order valence-electron chi connectivity index (χ1n) is 14.3. The Balaban J connectivity index is 1.25. The molecule has 1 saturated heterocycles. The number of ether oxygens (including phenoxy) is 3. The van der Waals surface area contributed by atoms with E-state index in [-0.39, 0.29) is 54.3 Å². The lowest BCUT2D eigenvalue weighted by Gasteiger charge is -2.21. The Morgan fingerprint density at radius 3 is 2.50 bits per heavy atom. The van der Waals surface area contributed by atoms with Gasteiger partial charge in [0.25, 0.3) is 5.91 Å². The second-order valence-corrected chi connectivity index (χ2v) is 11.0. The van der Waals surface area contributed by atoms with Crippen LogP contribution < -0.4 is 14.4 Å². The molecule has 3 aromatic rings. The zero-order chi connectivity index (χ0) is 31.4. The largest absolute Gasteiger partial charge is 0.508 e. The summed E-state index contributed by atoms with van der Waals surface area (Å²) in [6, 6.07) is 14.8. The molecule has 0 bridgehead atoms. The lowest BCUT2D eigenvalue weighted by molar-refractivity contribution is -0.154. The normalized spacial score (nSPS) is 17.8. The van der Waals surface area contributed by atoms with Crippen LogP contribution in [0.4, 0.5) is 14.5 Å². The Hall–Kier alpha value is -4.74. The molecule has 1 N–H and O–H groups in total. The van der Waals surface area contributed by atoms with Gasteiger partial charge in [0.1, 0.15) is 24.1 Å². The number of alkyl halides is 2. The number of carbonyl (C=O) groups is 3. The Bertz CT molecular complexity index is 1510. The molecule has 2 aromatic carbocycles. The maximum absolute atomic E-state index is 13.2. The monoisotopic (exact) mass is 609 g/mol. The zero-order valence-corrected chi connectivity index (χ0v) is 24.3. The summed E-state index contributed by atoms with van der Waals surface area (Å²) in [6.07, 6.45) is 2.31. The number of esters is 1. The maximum atomic E-state index is 13.2.